The van der Waals surface area contributed by atoms with Gasteiger partial charge in [0.05, 0.1) is 0 Å². The SMILES string of the molecule is CCCCN.Clc1ccccc1. The van der Waals surface area contributed by atoms with E-state index in [-0.39, 0.29) is 0 Å². The van der Waals surface area contributed by atoms with Gasteiger partial charge < -0.3 is 5.73 Å². The lowest BCUT2D eigenvalue weighted by molar-refractivity contribution is 0.807. The van der Waals surface area contributed by atoms with Gasteiger partial charge >= 0.3 is 0 Å². The second-order valence-electron chi connectivity index (χ2n) is 2.44. The lowest BCUT2D eigenvalue weighted by atomic mass is 10.3. The van der Waals surface area contributed by atoms with Crippen LogP contribution in [0.1, 0.15) is 19.8 Å². The Morgan fingerprint density at radius 1 is 1.25 bits per heavy atom. The lowest BCUT2D eigenvalue weighted by Gasteiger charge is -1.80. The van der Waals surface area contributed by atoms with Crippen LogP contribution >= 0.6 is 11.6 Å². The molecule has 0 atom stereocenters. The molecule has 12 heavy (non-hydrogen) atoms. The van der Waals surface area contributed by atoms with Gasteiger partial charge in [-0.1, -0.05) is 43.1 Å². The normalized spacial score (nSPS) is 8.58. The minimum Gasteiger partial charge on any atom is -0.330 e. The van der Waals surface area contributed by atoms with Crippen LogP contribution in [0.2, 0.25) is 5.02 Å². The van der Waals surface area contributed by atoms with Crippen molar-refractivity contribution < 1.29 is 0 Å². The largest absolute Gasteiger partial charge is 0.330 e. The standard InChI is InChI=1S/C6H5Cl.C4H11N/c7-6-4-2-1-3-5-6;1-2-3-4-5/h1-5H;2-5H2,1H3. The molecule has 0 aliphatic rings. The molecule has 0 aliphatic heterocycles. The van der Waals surface area contributed by atoms with Crippen molar-refractivity contribution in [3.05, 3.63) is 35.4 Å². The van der Waals surface area contributed by atoms with Crippen LogP contribution in [-0.2, 0) is 0 Å². The minimum absolute atomic E-state index is 0.794. The van der Waals surface area contributed by atoms with E-state index in [4.69, 9.17) is 17.3 Å². The summed E-state index contributed by atoms with van der Waals surface area (Å²) in [4.78, 5) is 0. The molecule has 0 spiro atoms. The molecule has 0 bridgehead atoms. The summed E-state index contributed by atoms with van der Waals surface area (Å²) in [5.41, 5.74) is 5.14. The number of benzene rings is 1. The van der Waals surface area contributed by atoms with Gasteiger partial charge in [-0.3, -0.25) is 0 Å². The molecule has 1 nitrogen and oxygen atoms in total. The van der Waals surface area contributed by atoms with Crippen molar-refractivity contribution in [2.45, 2.75) is 19.8 Å². The van der Waals surface area contributed by atoms with Crippen molar-refractivity contribution in [3.63, 3.8) is 0 Å². The maximum Gasteiger partial charge on any atom is 0.0405 e. The first kappa shape index (κ1) is 11.5. The van der Waals surface area contributed by atoms with Crippen molar-refractivity contribution in [2.75, 3.05) is 6.54 Å². The number of hydrogen-bond donors (Lipinski definition) is 1. The molecule has 1 aromatic rings. The van der Waals surface area contributed by atoms with Crippen LogP contribution in [0.25, 0.3) is 0 Å². The van der Waals surface area contributed by atoms with Crippen LogP contribution in [0.4, 0.5) is 0 Å². The van der Waals surface area contributed by atoms with E-state index >= 15 is 0 Å². The van der Waals surface area contributed by atoms with E-state index < -0.39 is 0 Å². The van der Waals surface area contributed by atoms with E-state index in [0.717, 1.165) is 11.6 Å². The fraction of sp³-hybridized carbons (Fsp3) is 0.400. The quantitative estimate of drug-likeness (QED) is 0.753. The second-order valence-corrected chi connectivity index (χ2v) is 2.87. The smallest absolute Gasteiger partial charge is 0.0405 e. The van der Waals surface area contributed by atoms with Crippen LogP contribution < -0.4 is 5.73 Å². The molecule has 0 radical (unpaired) electrons. The fourth-order valence-corrected chi connectivity index (χ4v) is 0.764. The summed E-state index contributed by atoms with van der Waals surface area (Å²) in [5.74, 6) is 0. The van der Waals surface area contributed by atoms with Gasteiger partial charge in [0, 0.05) is 5.02 Å². The van der Waals surface area contributed by atoms with Crippen molar-refractivity contribution >= 4 is 11.6 Å². The molecular formula is C10H16ClN. The Morgan fingerprint density at radius 2 is 1.83 bits per heavy atom. The zero-order chi connectivity index (χ0) is 9.23. The van der Waals surface area contributed by atoms with Gasteiger partial charge in [0.2, 0.25) is 0 Å². The molecule has 0 unspecified atom stereocenters. The van der Waals surface area contributed by atoms with Crippen molar-refractivity contribution in [1.29, 1.82) is 0 Å². The summed E-state index contributed by atoms with van der Waals surface area (Å²) in [6, 6.07) is 9.44. The number of nitrogens with two attached hydrogens (primary N) is 1. The van der Waals surface area contributed by atoms with E-state index in [2.05, 4.69) is 6.92 Å². The molecule has 1 rings (SSSR count). The number of hydrogen-bond acceptors (Lipinski definition) is 1. The van der Waals surface area contributed by atoms with Crippen LogP contribution in [0.5, 0.6) is 0 Å². The summed E-state index contributed by atoms with van der Waals surface area (Å²) in [7, 11) is 0. The molecule has 0 aromatic heterocycles. The molecular weight excluding hydrogens is 170 g/mol. The summed E-state index contributed by atoms with van der Waals surface area (Å²) in [5, 5.41) is 0.794. The van der Waals surface area contributed by atoms with Crippen molar-refractivity contribution in [2.24, 2.45) is 5.73 Å². The predicted octanol–water partition coefficient (Wildman–Crippen LogP) is 3.09. The fourth-order valence-electron chi connectivity index (χ4n) is 0.619. The van der Waals surface area contributed by atoms with Gasteiger partial charge in [0.25, 0.3) is 0 Å². The molecule has 0 aliphatic carbocycles. The Hall–Kier alpha value is -0.530. The third-order valence-corrected chi connectivity index (χ3v) is 1.54. The maximum absolute atomic E-state index is 5.54. The van der Waals surface area contributed by atoms with Gasteiger partial charge in [0.1, 0.15) is 0 Å². The highest BCUT2D eigenvalue weighted by atomic mass is 35.5. The summed E-state index contributed by atoms with van der Waals surface area (Å²) >= 11 is 5.54. The third kappa shape index (κ3) is 7.58. The zero-order valence-electron chi connectivity index (χ0n) is 7.46. The lowest BCUT2D eigenvalue weighted by Crippen LogP contribution is -1.95. The van der Waals surface area contributed by atoms with E-state index in [0.29, 0.717) is 0 Å². The Morgan fingerprint density at radius 3 is 2.00 bits per heavy atom. The monoisotopic (exact) mass is 185 g/mol. The van der Waals surface area contributed by atoms with E-state index in [9.17, 15) is 0 Å². The van der Waals surface area contributed by atoms with Gasteiger partial charge in [-0.25, -0.2) is 0 Å². The molecule has 0 fully saturated rings. The average molecular weight is 186 g/mol. The van der Waals surface area contributed by atoms with Crippen LogP contribution in [0, 0.1) is 0 Å². The predicted molar refractivity (Wildman–Crippen MR) is 55.4 cm³/mol. The van der Waals surface area contributed by atoms with Crippen molar-refractivity contribution in [3.8, 4) is 0 Å². The van der Waals surface area contributed by atoms with E-state index in [1.165, 1.54) is 12.8 Å². The summed E-state index contributed by atoms with van der Waals surface area (Å²) < 4.78 is 0. The van der Waals surface area contributed by atoms with Gasteiger partial charge in [-0.15, -0.1) is 0 Å². The number of rotatable bonds is 2. The Kier molecular flexibility index (Phi) is 8.19. The zero-order valence-corrected chi connectivity index (χ0v) is 8.22. The summed E-state index contributed by atoms with van der Waals surface area (Å²) in [6.45, 7) is 2.98. The first-order valence-corrected chi connectivity index (χ1v) is 4.59. The number of unbranched alkanes of at least 4 members (excludes halogenated alkanes) is 1. The van der Waals surface area contributed by atoms with E-state index in [1.54, 1.807) is 0 Å². The molecule has 0 saturated carbocycles. The molecule has 2 N–H and O–H groups in total. The highest BCUT2D eigenvalue weighted by molar-refractivity contribution is 6.30. The molecule has 2 heteroatoms. The Balaban J connectivity index is 0.000000217. The van der Waals surface area contributed by atoms with Gasteiger partial charge in [-0.2, -0.15) is 0 Å². The second kappa shape index (κ2) is 8.57. The molecule has 0 heterocycles. The Labute approximate surface area is 79.5 Å². The topological polar surface area (TPSA) is 26.0 Å². The third-order valence-electron chi connectivity index (χ3n) is 1.29. The molecule has 0 saturated heterocycles. The van der Waals surface area contributed by atoms with Crippen LogP contribution in [-0.4, -0.2) is 6.54 Å². The minimum atomic E-state index is 0.794. The van der Waals surface area contributed by atoms with Crippen LogP contribution in [0.3, 0.4) is 0 Å². The first-order chi connectivity index (χ1) is 5.81. The van der Waals surface area contributed by atoms with Crippen molar-refractivity contribution in [1.82, 2.24) is 0 Å². The highest BCUT2D eigenvalue weighted by Gasteiger charge is 1.74. The van der Waals surface area contributed by atoms with Crippen LogP contribution in [0.15, 0.2) is 30.3 Å². The molecule has 1 aromatic carbocycles. The molecule has 68 valence electrons. The average Bonchev–Trinajstić information content (AvgIpc) is 2.08. The van der Waals surface area contributed by atoms with Gasteiger partial charge in [0.15, 0.2) is 0 Å². The highest BCUT2D eigenvalue weighted by Crippen LogP contribution is 2.03. The molecule has 0 amide bonds. The number of halogens is 1. The summed E-state index contributed by atoms with van der Waals surface area (Å²) in [6.07, 6.45) is 2.39. The first-order valence-electron chi connectivity index (χ1n) is 4.22. The maximum atomic E-state index is 5.54. The Bertz CT molecular complexity index is 172. The van der Waals surface area contributed by atoms with E-state index in [1.807, 2.05) is 30.3 Å². The van der Waals surface area contributed by atoms with Gasteiger partial charge in [-0.05, 0) is 25.1 Å².